The van der Waals surface area contributed by atoms with E-state index in [4.69, 9.17) is 17.5 Å². The quantitative estimate of drug-likeness (QED) is 0.370. The number of nitrogens with one attached hydrogen (secondary N) is 1. The standard InChI is InChI=1S/C22H19N7S/c1-16-8-10-18(11-9-16)21-25-26-22(30)29(21)24-14-19-15-28(13-5-12-23)27-20(19)17-6-3-2-4-7-17/h2-4,6-11,14-15H,5,13H2,1H3,(H,26,30)/b24-14-. The topological polar surface area (TPSA) is 87.6 Å². The Kier molecular flexibility index (Phi) is 5.63. The molecule has 0 aliphatic rings. The normalized spacial score (nSPS) is 11.1. The highest BCUT2D eigenvalue weighted by Gasteiger charge is 2.11. The molecule has 4 rings (SSSR count). The third-order valence-electron chi connectivity index (χ3n) is 4.56. The van der Waals surface area contributed by atoms with Crippen LogP contribution in [0.25, 0.3) is 22.6 Å². The molecule has 0 spiro atoms. The fraction of sp³-hybridized carbons (Fsp3) is 0.136. The summed E-state index contributed by atoms with van der Waals surface area (Å²) in [4.78, 5) is 0. The van der Waals surface area contributed by atoms with Crippen molar-refractivity contribution in [3.63, 3.8) is 0 Å². The molecule has 0 bridgehead atoms. The second-order valence-corrected chi connectivity index (χ2v) is 7.13. The van der Waals surface area contributed by atoms with Gasteiger partial charge in [0, 0.05) is 22.9 Å². The lowest BCUT2D eigenvalue weighted by Crippen LogP contribution is -1.97. The largest absolute Gasteiger partial charge is 0.270 e. The zero-order valence-corrected chi connectivity index (χ0v) is 17.2. The van der Waals surface area contributed by atoms with E-state index in [9.17, 15) is 0 Å². The number of hydrogen-bond acceptors (Lipinski definition) is 5. The van der Waals surface area contributed by atoms with Crippen LogP contribution in [0.15, 0.2) is 65.9 Å². The molecule has 0 atom stereocenters. The highest BCUT2D eigenvalue weighted by Crippen LogP contribution is 2.22. The van der Waals surface area contributed by atoms with Crippen molar-refractivity contribution in [2.45, 2.75) is 19.9 Å². The summed E-state index contributed by atoms with van der Waals surface area (Å²) in [6.45, 7) is 2.55. The van der Waals surface area contributed by atoms with Gasteiger partial charge in [-0.15, -0.1) is 0 Å². The van der Waals surface area contributed by atoms with Crippen LogP contribution in [-0.4, -0.2) is 30.9 Å². The molecular weight excluding hydrogens is 394 g/mol. The number of rotatable bonds is 6. The average Bonchev–Trinajstić information content (AvgIpc) is 3.35. The molecule has 1 N–H and O–H groups in total. The summed E-state index contributed by atoms with van der Waals surface area (Å²) in [6, 6.07) is 20.1. The Morgan fingerprint density at radius 1 is 1.13 bits per heavy atom. The first-order valence-electron chi connectivity index (χ1n) is 9.44. The first kappa shape index (κ1) is 19.5. The Labute approximate surface area is 178 Å². The molecule has 8 heteroatoms. The average molecular weight is 414 g/mol. The van der Waals surface area contributed by atoms with Crippen LogP contribution in [0.4, 0.5) is 0 Å². The van der Waals surface area contributed by atoms with E-state index >= 15 is 0 Å². The molecule has 2 aromatic heterocycles. The molecule has 0 aliphatic carbocycles. The van der Waals surface area contributed by atoms with Crippen molar-refractivity contribution in [1.29, 1.82) is 5.26 Å². The summed E-state index contributed by atoms with van der Waals surface area (Å²) in [7, 11) is 0. The predicted molar refractivity (Wildman–Crippen MR) is 118 cm³/mol. The second kappa shape index (κ2) is 8.68. The van der Waals surface area contributed by atoms with Crippen LogP contribution in [0.2, 0.25) is 0 Å². The summed E-state index contributed by atoms with van der Waals surface area (Å²) < 4.78 is 3.77. The van der Waals surface area contributed by atoms with Crippen LogP contribution in [0, 0.1) is 23.0 Å². The molecule has 2 aromatic carbocycles. The molecule has 0 fully saturated rings. The van der Waals surface area contributed by atoms with Gasteiger partial charge < -0.3 is 0 Å². The van der Waals surface area contributed by atoms with E-state index in [2.05, 4.69) is 26.5 Å². The van der Waals surface area contributed by atoms with Gasteiger partial charge in [0.05, 0.1) is 25.2 Å². The number of aryl methyl sites for hydroxylation is 2. The second-order valence-electron chi connectivity index (χ2n) is 6.75. The molecule has 0 amide bonds. The van der Waals surface area contributed by atoms with Crippen molar-refractivity contribution in [3.8, 4) is 28.7 Å². The lowest BCUT2D eigenvalue weighted by atomic mass is 10.1. The smallest absolute Gasteiger partial charge is 0.216 e. The van der Waals surface area contributed by atoms with Gasteiger partial charge >= 0.3 is 0 Å². The Morgan fingerprint density at radius 2 is 1.90 bits per heavy atom. The number of benzene rings is 2. The number of H-pyrrole nitrogens is 1. The maximum Gasteiger partial charge on any atom is 0.216 e. The van der Waals surface area contributed by atoms with Crippen LogP contribution in [-0.2, 0) is 6.54 Å². The summed E-state index contributed by atoms with van der Waals surface area (Å²) in [6.07, 6.45) is 4.00. The van der Waals surface area contributed by atoms with Crippen molar-refractivity contribution in [2.75, 3.05) is 0 Å². The molecule has 0 unspecified atom stereocenters. The van der Waals surface area contributed by atoms with Crippen LogP contribution >= 0.6 is 12.2 Å². The summed E-state index contributed by atoms with van der Waals surface area (Å²) >= 11 is 5.38. The summed E-state index contributed by atoms with van der Waals surface area (Å²) in [5.41, 5.74) is 4.68. The van der Waals surface area contributed by atoms with Crippen molar-refractivity contribution in [1.82, 2.24) is 24.7 Å². The summed E-state index contributed by atoms with van der Waals surface area (Å²) in [5, 5.41) is 25.3. The molecule has 0 radical (unpaired) electrons. The fourth-order valence-corrected chi connectivity index (χ4v) is 3.22. The zero-order valence-electron chi connectivity index (χ0n) is 16.4. The number of aromatic amines is 1. The lowest BCUT2D eigenvalue weighted by Gasteiger charge is -2.02. The zero-order chi connectivity index (χ0) is 20.9. The van der Waals surface area contributed by atoms with Gasteiger partial charge in [-0.25, -0.2) is 5.10 Å². The van der Waals surface area contributed by atoms with Crippen molar-refractivity contribution >= 4 is 18.4 Å². The SMILES string of the molecule is Cc1ccc(-c2n[nH]c(=S)n2/N=C\c2cn(CCC#N)nc2-c2ccccc2)cc1. The highest BCUT2D eigenvalue weighted by molar-refractivity contribution is 7.71. The van der Waals surface area contributed by atoms with Crippen LogP contribution in [0.5, 0.6) is 0 Å². The van der Waals surface area contributed by atoms with Crippen LogP contribution in [0.3, 0.4) is 0 Å². The molecule has 148 valence electrons. The molecule has 0 aliphatic heterocycles. The van der Waals surface area contributed by atoms with E-state index in [0.29, 0.717) is 23.6 Å². The van der Waals surface area contributed by atoms with Crippen LogP contribution in [0.1, 0.15) is 17.5 Å². The number of hydrogen-bond donors (Lipinski definition) is 1. The molecule has 7 nitrogen and oxygen atoms in total. The third kappa shape index (κ3) is 4.11. The van der Waals surface area contributed by atoms with Crippen LogP contribution < -0.4 is 0 Å². The van der Waals surface area contributed by atoms with Gasteiger partial charge in [-0.2, -0.15) is 25.2 Å². The van der Waals surface area contributed by atoms with E-state index in [1.807, 2.05) is 67.7 Å². The number of nitriles is 1. The van der Waals surface area contributed by atoms with E-state index in [0.717, 1.165) is 22.4 Å². The van der Waals surface area contributed by atoms with Gasteiger partial charge in [0.1, 0.15) is 5.69 Å². The van der Waals surface area contributed by atoms with E-state index in [-0.39, 0.29) is 0 Å². The van der Waals surface area contributed by atoms with Crippen molar-refractivity contribution in [3.05, 3.63) is 76.7 Å². The van der Waals surface area contributed by atoms with Gasteiger partial charge in [-0.05, 0) is 19.1 Å². The molecule has 30 heavy (non-hydrogen) atoms. The van der Waals surface area contributed by atoms with Gasteiger partial charge in [0.15, 0.2) is 5.82 Å². The molecule has 0 saturated heterocycles. The molecule has 4 aromatic rings. The summed E-state index contributed by atoms with van der Waals surface area (Å²) in [5.74, 6) is 0.634. The van der Waals surface area contributed by atoms with Gasteiger partial charge in [0.2, 0.25) is 4.77 Å². The number of nitrogens with zero attached hydrogens (tertiary/aromatic N) is 6. The first-order chi connectivity index (χ1) is 14.7. The van der Waals surface area contributed by atoms with Gasteiger partial charge in [-0.3, -0.25) is 4.68 Å². The molecule has 2 heterocycles. The maximum atomic E-state index is 8.89. The third-order valence-corrected chi connectivity index (χ3v) is 4.83. The van der Waals surface area contributed by atoms with Gasteiger partial charge in [0.25, 0.3) is 0 Å². The monoisotopic (exact) mass is 413 g/mol. The minimum absolute atomic E-state index is 0.386. The minimum Gasteiger partial charge on any atom is -0.270 e. The molecular formula is C22H19N7S. The van der Waals surface area contributed by atoms with Gasteiger partial charge in [-0.1, -0.05) is 60.2 Å². The Hall–Kier alpha value is -3.83. The highest BCUT2D eigenvalue weighted by atomic mass is 32.1. The Morgan fingerprint density at radius 3 is 2.63 bits per heavy atom. The number of aromatic nitrogens is 5. The maximum absolute atomic E-state index is 8.89. The Balaban J connectivity index is 1.74. The van der Waals surface area contributed by atoms with Crippen molar-refractivity contribution < 1.29 is 0 Å². The van der Waals surface area contributed by atoms with E-state index in [1.165, 1.54) is 5.56 Å². The minimum atomic E-state index is 0.386. The first-order valence-corrected chi connectivity index (χ1v) is 9.85. The fourth-order valence-electron chi connectivity index (χ4n) is 3.04. The Bertz CT molecular complexity index is 1270. The van der Waals surface area contributed by atoms with E-state index in [1.54, 1.807) is 15.6 Å². The van der Waals surface area contributed by atoms with Crippen molar-refractivity contribution in [2.24, 2.45) is 5.10 Å². The predicted octanol–water partition coefficient (Wildman–Crippen LogP) is 4.58. The molecule has 0 saturated carbocycles. The lowest BCUT2D eigenvalue weighted by molar-refractivity contribution is 0.629. The van der Waals surface area contributed by atoms with E-state index < -0.39 is 0 Å².